The Labute approximate surface area is 159 Å². The Hall–Kier alpha value is -2.01. The molecular weight excluding hydrogens is 459 g/mol. The average Bonchev–Trinajstić information content (AvgIpc) is 3.01. The molecule has 0 saturated heterocycles. The molecule has 1 aliphatic rings. The van der Waals surface area contributed by atoms with E-state index in [0.717, 1.165) is 14.1 Å². The topological polar surface area (TPSA) is 84.9 Å². The number of rotatable bonds is 5. The molecule has 7 nitrogen and oxygen atoms in total. The SMILES string of the molecule is CS(=O)(=O)N(CC(=O)Nc1ccc(I)cc1)c1ccc2c(c1)OCO2. The third-order valence-corrected chi connectivity index (χ3v) is 5.32. The fourth-order valence-electron chi connectivity index (χ4n) is 2.30. The van der Waals surface area contributed by atoms with E-state index in [4.69, 9.17) is 9.47 Å². The summed E-state index contributed by atoms with van der Waals surface area (Å²) >= 11 is 2.16. The normalized spacial score (nSPS) is 12.7. The van der Waals surface area contributed by atoms with Crippen molar-refractivity contribution in [1.29, 1.82) is 0 Å². The summed E-state index contributed by atoms with van der Waals surface area (Å²) in [5, 5.41) is 2.69. The van der Waals surface area contributed by atoms with Gasteiger partial charge in [-0.25, -0.2) is 8.42 Å². The van der Waals surface area contributed by atoms with Crippen molar-refractivity contribution in [2.45, 2.75) is 0 Å². The first-order valence-electron chi connectivity index (χ1n) is 7.26. The van der Waals surface area contributed by atoms with E-state index in [1.807, 2.05) is 12.1 Å². The predicted octanol–water partition coefficient (Wildman–Crippen LogP) is 2.42. The van der Waals surface area contributed by atoms with Gasteiger partial charge in [-0.1, -0.05) is 0 Å². The maximum absolute atomic E-state index is 12.3. The molecule has 0 bridgehead atoms. The van der Waals surface area contributed by atoms with Crippen molar-refractivity contribution in [3.8, 4) is 11.5 Å². The second kappa shape index (κ2) is 7.08. The average molecular weight is 474 g/mol. The summed E-state index contributed by atoms with van der Waals surface area (Å²) in [4.78, 5) is 12.3. The Kier molecular flexibility index (Phi) is 5.04. The second-order valence-electron chi connectivity index (χ2n) is 5.36. The lowest BCUT2D eigenvalue weighted by Crippen LogP contribution is -2.37. The first-order valence-corrected chi connectivity index (χ1v) is 10.2. The van der Waals surface area contributed by atoms with E-state index in [-0.39, 0.29) is 13.3 Å². The lowest BCUT2D eigenvalue weighted by molar-refractivity contribution is -0.114. The summed E-state index contributed by atoms with van der Waals surface area (Å²) in [6.45, 7) is -0.255. The number of carbonyl (C=O) groups excluding carboxylic acids is 1. The van der Waals surface area contributed by atoms with Gasteiger partial charge in [0, 0.05) is 15.3 Å². The van der Waals surface area contributed by atoms with Crippen LogP contribution in [0.25, 0.3) is 0 Å². The Bertz CT molecular complexity index is 899. The van der Waals surface area contributed by atoms with Crippen LogP contribution in [0.2, 0.25) is 0 Å². The molecule has 3 rings (SSSR count). The van der Waals surface area contributed by atoms with E-state index >= 15 is 0 Å². The molecule has 0 aromatic heterocycles. The van der Waals surface area contributed by atoms with Crippen LogP contribution in [0.1, 0.15) is 0 Å². The zero-order valence-electron chi connectivity index (χ0n) is 13.2. The maximum atomic E-state index is 12.3. The number of amides is 1. The molecular formula is C16H15IN2O5S. The van der Waals surface area contributed by atoms with Crippen molar-refractivity contribution in [3.63, 3.8) is 0 Å². The van der Waals surface area contributed by atoms with Crippen molar-refractivity contribution in [2.75, 3.05) is 29.2 Å². The maximum Gasteiger partial charge on any atom is 0.245 e. The van der Waals surface area contributed by atoms with E-state index < -0.39 is 15.9 Å². The van der Waals surface area contributed by atoms with E-state index in [0.29, 0.717) is 22.9 Å². The van der Waals surface area contributed by atoms with Gasteiger partial charge < -0.3 is 14.8 Å². The summed E-state index contributed by atoms with van der Waals surface area (Å²) in [5.41, 5.74) is 0.939. The number of hydrogen-bond acceptors (Lipinski definition) is 5. The van der Waals surface area contributed by atoms with Crippen LogP contribution in [0.3, 0.4) is 0 Å². The molecule has 2 aromatic rings. The van der Waals surface area contributed by atoms with Crippen molar-refractivity contribution < 1.29 is 22.7 Å². The molecule has 25 heavy (non-hydrogen) atoms. The Morgan fingerprint density at radius 3 is 2.52 bits per heavy atom. The zero-order chi connectivity index (χ0) is 18.0. The van der Waals surface area contributed by atoms with Crippen LogP contribution >= 0.6 is 22.6 Å². The second-order valence-corrected chi connectivity index (χ2v) is 8.51. The van der Waals surface area contributed by atoms with Gasteiger partial charge in [-0.2, -0.15) is 0 Å². The number of hydrogen-bond donors (Lipinski definition) is 1. The molecule has 132 valence electrons. The largest absolute Gasteiger partial charge is 0.454 e. The van der Waals surface area contributed by atoms with Gasteiger partial charge in [0.1, 0.15) is 6.54 Å². The van der Waals surface area contributed by atoms with Crippen LogP contribution in [0.15, 0.2) is 42.5 Å². The van der Waals surface area contributed by atoms with Crippen molar-refractivity contribution in [2.24, 2.45) is 0 Å². The van der Waals surface area contributed by atoms with Crippen LogP contribution < -0.4 is 19.1 Å². The van der Waals surface area contributed by atoms with Gasteiger partial charge in [0.15, 0.2) is 11.5 Å². The molecule has 0 spiro atoms. The van der Waals surface area contributed by atoms with Crippen LogP contribution in [-0.4, -0.2) is 33.9 Å². The van der Waals surface area contributed by atoms with Crippen molar-refractivity contribution in [3.05, 3.63) is 46.0 Å². The van der Waals surface area contributed by atoms with E-state index in [2.05, 4.69) is 27.9 Å². The van der Waals surface area contributed by atoms with Gasteiger partial charge >= 0.3 is 0 Å². The van der Waals surface area contributed by atoms with Crippen molar-refractivity contribution >= 4 is 49.9 Å². The molecule has 0 radical (unpaired) electrons. The fraction of sp³-hybridized carbons (Fsp3) is 0.188. The third kappa shape index (κ3) is 4.34. The quantitative estimate of drug-likeness (QED) is 0.674. The molecule has 1 heterocycles. The van der Waals surface area contributed by atoms with Crippen molar-refractivity contribution in [1.82, 2.24) is 0 Å². The minimum absolute atomic E-state index is 0.0882. The molecule has 1 N–H and O–H groups in total. The highest BCUT2D eigenvalue weighted by Crippen LogP contribution is 2.36. The Morgan fingerprint density at radius 2 is 1.84 bits per heavy atom. The molecule has 0 saturated carbocycles. The van der Waals surface area contributed by atoms with Crippen LogP contribution in [-0.2, 0) is 14.8 Å². The monoisotopic (exact) mass is 474 g/mol. The number of nitrogens with zero attached hydrogens (tertiary/aromatic N) is 1. The molecule has 0 fully saturated rings. The number of anilines is 2. The fourth-order valence-corrected chi connectivity index (χ4v) is 3.51. The summed E-state index contributed by atoms with van der Waals surface area (Å²) in [6, 6.07) is 11.9. The molecule has 0 unspecified atom stereocenters. The summed E-state index contributed by atoms with van der Waals surface area (Å²) in [6.07, 6.45) is 1.05. The number of benzene rings is 2. The molecule has 2 aromatic carbocycles. The van der Waals surface area contributed by atoms with Gasteiger partial charge in [0.25, 0.3) is 0 Å². The smallest absolute Gasteiger partial charge is 0.245 e. The summed E-state index contributed by atoms with van der Waals surface area (Å²) in [5.74, 6) is 0.550. The predicted molar refractivity (Wildman–Crippen MR) is 103 cm³/mol. The first kappa shape index (κ1) is 17.8. The third-order valence-electron chi connectivity index (χ3n) is 3.46. The van der Waals surface area contributed by atoms with Gasteiger partial charge in [0.2, 0.25) is 22.7 Å². The minimum atomic E-state index is -3.65. The summed E-state index contributed by atoms with van der Waals surface area (Å²) < 4.78 is 36.8. The molecule has 9 heteroatoms. The summed E-state index contributed by atoms with van der Waals surface area (Å²) in [7, 11) is -3.65. The first-order chi connectivity index (χ1) is 11.8. The standard InChI is InChI=1S/C16H15IN2O5S/c1-25(21,22)19(13-6-7-14-15(8-13)24-10-23-14)9-16(20)18-12-4-2-11(17)3-5-12/h2-8H,9-10H2,1H3,(H,18,20). The van der Waals surface area contributed by atoms with Crippen LogP contribution in [0, 0.1) is 3.57 Å². The molecule has 1 amide bonds. The van der Waals surface area contributed by atoms with Gasteiger partial charge in [0.05, 0.1) is 11.9 Å². The highest BCUT2D eigenvalue weighted by atomic mass is 127. The van der Waals surface area contributed by atoms with Gasteiger partial charge in [-0.05, 0) is 59.0 Å². The molecule has 0 aliphatic carbocycles. The van der Waals surface area contributed by atoms with E-state index in [1.54, 1.807) is 30.3 Å². The van der Waals surface area contributed by atoms with Crippen LogP contribution in [0.4, 0.5) is 11.4 Å². The number of ether oxygens (including phenoxy) is 2. The number of halogens is 1. The minimum Gasteiger partial charge on any atom is -0.454 e. The van der Waals surface area contributed by atoms with E-state index in [1.165, 1.54) is 0 Å². The molecule has 1 aliphatic heterocycles. The lowest BCUT2D eigenvalue weighted by Gasteiger charge is -2.22. The lowest BCUT2D eigenvalue weighted by atomic mass is 10.2. The highest BCUT2D eigenvalue weighted by Gasteiger charge is 2.23. The Morgan fingerprint density at radius 1 is 1.16 bits per heavy atom. The van der Waals surface area contributed by atoms with E-state index in [9.17, 15) is 13.2 Å². The Balaban J connectivity index is 1.79. The van der Waals surface area contributed by atoms with Gasteiger partial charge in [-0.3, -0.25) is 9.10 Å². The highest BCUT2D eigenvalue weighted by molar-refractivity contribution is 14.1. The number of nitrogens with one attached hydrogen (secondary N) is 1. The van der Waals surface area contributed by atoms with Crippen LogP contribution in [0.5, 0.6) is 11.5 Å². The molecule has 0 atom stereocenters. The van der Waals surface area contributed by atoms with Gasteiger partial charge in [-0.15, -0.1) is 0 Å². The number of sulfonamides is 1. The zero-order valence-corrected chi connectivity index (χ0v) is 16.2. The number of carbonyl (C=O) groups is 1. The number of fused-ring (bicyclic) bond motifs is 1.